The molecule has 3 nitrogen and oxygen atoms in total. The minimum atomic E-state index is -0.764. The maximum absolute atomic E-state index is 12.3. The maximum Gasteiger partial charge on any atom is 0.303 e. The minimum absolute atomic E-state index is 0.0155. The number of ketones is 1. The predicted octanol–water partition coefficient (Wildman–Crippen LogP) is 6.21. The number of unbranched alkanes of at least 4 members (excludes halogenated alkanes) is 1. The highest BCUT2D eigenvalue weighted by Crippen LogP contribution is 2.35. The topological polar surface area (TPSA) is 54.4 Å². The van der Waals surface area contributed by atoms with Gasteiger partial charge in [-0.2, -0.15) is 0 Å². The molecule has 3 atom stereocenters. The van der Waals surface area contributed by atoms with Gasteiger partial charge in [0.25, 0.3) is 0 Å². The third-order valence-corrected chi connectivity index (χ3v) is 5.78. The molecule has 148 valence electrons. The van der Waals surface area contributed by atoms with Crippen LogP contribution in [0.15, 0.2) is 47.1 Å². The van der Waals surface area contributed by atoms with Crippen molar-refractivity contribution < 1.29 is 14.7 Å². The fourth-order valence-corrected chi connectivity index (χ4v) is 4.31. The van der Waals surface area contributed by atoms with Gasteiger partial charge in [-0.15, -0.1) is 0 Å². The van der Waals surface area contributed by atoms with Crippen molar-refractivity contribution in [1.82, 2.24) is 0 Å². The zero-order valence-corrected chi connectivity index (χ0v) is 17.0. The lowest BCUT2D eigenvalue weighted by atomic mass is 9.96. The quantitative estimate of drug-likeness (QED) is 0.274. The number of carboxylic acids is 1. The molecule has 2 aliphatic carbocycles. The molecule has 0 aliphatic heterocycles. The number of carbonyl (C=O) groups excluding carboxylic acids is 1. The van der Waals surface area contributed by atoms with Gasteiger partial charge in [0.2, 0.25) is 5.78 Å². The van der Waals surface area contributed by atoms with Crippen molar-refractivity contribution in [2.75, 3.05) is 0 Å². The van der Waals surface area contributed by atoms with Crippen LogP contribution in [0.1, 0.15) is 64.7 Å². The molecule has 0 aromatic rings. The molecule has 3 unspecified atom stereocenters. The van der Waals surface area contributed by atoms with Crippen molar-refractivity contribution in [2.24, 2.45) is 17.8 Å². The largest absolute Gasteiger partial charge is 0.481 e. The number of carboxylic acid groups (broad SMARTS) is 1. The third kappa shape index (κ3) is 7.14. The molecule has 1 fully saturated rings. The molecule has 0 aromatic heterocycles. The van der Waals surface area contributed by atoms with Crippen LogP contribution in [0.2, 0.25) is 0 Å². The number of carbonyl (C=O) groups is 2. The van der Waals surface area contributed by atoms with E-state index in [9.17, 15) is 9.59 Å². The summed E-state index contributed by atoms with van der Waals surface area (Å²) < 4.78 is 0. The first-order chi connectivity index (χ1) is 13.0. The van der Waals surface area contributed by atoms with E-state index in [2.05, 4.69) is 13.0 Å². The van der Waals surface area contributed by atoms with Crippen molar-refractivity contribution in [1.29, 1.82) is 0 Å². The lowest BCUT2D eigenvalue weighted by molar-refractivity contribution is -0.137. The van der Waals surface area contributed by atoms with Gasteiger partial charge in [0.15, 0.2) is 0 Å². The molecule has 0 saturated heterocycles. The van der Waals surface area contributed by atoms with Crippen molar-refractivity contribution in [3.63, 3.8) is 0 Å². The number of hydrogen-bond donors (Lipinski definition) is 1. The summed E-state index contributed by atoms with van der Waals surface area (Å²) in [5, 5.41) is 8.95. The van der Waals surface area contributed by atoms with Gasteiger partial charge >= 0.3 is 5.97 Å². The molecule has 1 saturated carbocycles. The van der Waals surface area contributed by atoms with Gasteiger partial charge in [0.1, 0.15) is 0 Å². The second-order valence-electron chi connectivity index (χ2n) is 7.68. The van der Waals surface area contributed by atoms with Crippen LogP contribution >= 0.6 is 11.6 Å². The van der Waals surface area contributed by atoms with Gasteiger partial charge < -0.3 is 5.11 Å². The van der Waals surface area contributed by atoms with Gasteiger partial charge in [-0.25, -0.2) is 0 Å². The summed E-state index contributed by atoms with van der Waals surface area (Å²) in [5.41, 5.74) is 0.759. The molecule has 0 aromatic carbocycles. The Morgan fingerprint density at radius 1 is 1.33 bits per heavy atom. The van der Waals surface area contributed by atoms with E-state index < -0.39 is 5.97 Å². The monoisotopic (exact) mass is 390 g/mol. The molecule has 0 spiro atoms. The van der Waals surface area contributed by atoms with Crippen LogP contribution in [0.25, 0.3) is 0 Å². The summed E-state index contributed by atoms with van der Waals surface area (Å²) in [4.78, 5) is 22.8. The van der Waals surface area contributed by atoms with Gasteiger partial charge in [-0.1, -0.05) is 67.8 Å². The van der Waals surface area contributed by atoms with E-state index in [1.54, 1.807) is 0 Å². The van der Waals surface area contributed by atoms with Crippen LogP contribution in [0, 0.1) is 17.8 Å². The van der Waals surface area contributed by atoms with Crippen LogP contribution in [0.5, 0.6) is 0 Å². The molecule has 4 heteroatoms. The molecule has 0 heterocycles. The first-order valence-electron chi connectivity index (χ1n) is 10.2. The minimum Gasteiger partial charge on any atom is -0.481 e. The van der Waals surface area contributed by atoms with Crippen LogP contribution in [0.4, 0.5) is 0 Å². The highest BCUT2D eigenvalue weighted by Gasteiger charge is 2.27. The van der Waals surface area contributed by atoms with E-state index in [1.807, 2.05) is 30.4 Å². The fourth-order valence-electron chi connectivity index (χ4n) is 4.05. The van der Waals surface area contributed by atoms with E-state index in [1.165, 1.54) is 32.1 Å². The first-order valence-corrected chi connectivity index (χ1v) is 10.6. The highest BCUT2D eigenvalue weighted by molar-refractivity contribution is 6.46. The smallest absolute Gasteiger partial charge is 0.303 e. The average Bonchev–Trinajstić information content (AvgIpc) is 3.17. The summed E-state index contributed by atoms with van der Waals surface area (Å²) in [6.07, 6.45) is 20.8. The molecule has 0 radical (unpaired) electrons. The van der Waals surface area contributed by atoms with Gasteiger partial charge in [0.05, 0.1) is 5.03 Å². The molecular weight excluding hydrogens is 360 g/mol. The lowest BCUT2D eigenvalue weighted by Crippen LogP contribution is -2.02. The Balaban J connectivity index is 1.86. The molecule has 27 heavy (non-hydrogen) atoms. The molecule has 0 bridgehead atoms. The summed E-state index contributed by atoms with van der Waals surface area (Å²) in [5.74, 6) is 0.675. The Kier molecular flexibility index (Phi) is 9.06. The second kappa shape index (κ2) is 11.3. The fraction of sp³-hybridized carbons (Fsp3) is 0.565. The normalized spacial score (nSPS) is 27.3. The number of hydrogen-bond acceptors (Lipinski definition) is 2. The lowest BCUT2D eigenvalue weighted by Gasteiger charge is -2.07. The first kappa shape index (κ1) is 21.7. The number of Topliss-reactive ketones (excluding diaryl/α,β-unsaturated/α-hetero) is 1. The highest BCUT2D eigenvalue weighted by atomic mass is 35.5. The van der Waals surface area contributed by atoms with Crippen LogP contribution in [0.3, 0.4) is 0 Å². The molecule has 2 aliphatic rings. The standard InChI is InChI=1S/C23H31ClO3/c1-2-8-17-13-14-18(15-17)9-7-11-20-19(16-21(24)23(20)27)10-5-3-4-6-12-22(25)26/h3,5,7,9,11,16-19H,2,4,6,8,10,12-15H2,1H3,(H,25,26)/b5-3+,9-7+,20-11-. The van der Waals surface area contributed by atoms with Gasteiger partial charge in [-0.05, 0) is 50.4 Å². The Bertz CT molecular complexity index is 642. The zero-order chi connectivity index (χ0) is 19.6. The van der Waals surface area contributed by atoms with Crippen molar-refractivity contribution in [3.05, 3.63) is 47.1 Å². The van der Waals surface area contributed by atoms with E-state index in [0.29, 0.717) is 17.4 Å². The van der Waals surface area contributed by atoms with Crippen LogP contribution in [-0.2, 0) is 9.59 Å². The van der Waals surface area contributed by atoms with E-state index in [4.69, 9.17) is 16.7 Å². The summed E-state index contributed by atoms with van der Waals surface area (Å²) in [6, 6.07) is 0. The Hall–Kier alpha value is -1.61. The Morgan fingerprint density at radius 3 is 2.89 bits per heavy atom. The zero-order valence-electron chi connectivity index (χ0n) is 16.2. The van der Waals surface area contributed by atoms with E-state index >= 15 is 0 Å². The van der Waals surface area contributed by atoms with E-state index in [0.717, 1.165) is 24.3 Å². The molecule has 1 N–H and O–H groups in total. The van der Waals surface area contributed by atoms with Crippen LogP contribution < -0.4 is 0 Å². The Morgan fingerprint density at radius 2 is 2.15 bits per heavy atom. The van der Waals surface area contributed by atoms with E-state index in [-0.39, 0.29) is 18.1 Å². The summed E-state index contributed by atoms with van der Waals surface area (Å²) in [7, 11) is 0. The summed E-state index contributed by atoms with van der Waals surface area (Å²) >= 11 is 6.07. The van der Waals surface area contributed by atoms with Gasteiger partial charge in [0, 0.05) is 17.9 Å². The third-order valence-electron chi connectivity index (χ3n) is 5.48. The predicted molar refractivity (Wildman–Crippen MR) is 111 cm³/mol. The molecule has 0 amide bonds. The summed E-state index contributed by atoms with van der Waals surface area (Å²) in [6.45, 7) is 2.25. The second-order valence-corrected chi connectivity index (χ2v) is 8.09. The van der Waals surface area contributed by atoms with Crippen molar-refractivity contribution >= 4 is 23.4 Å². The maximum atomic E-state index is 12.3. The Labute approximate surface area is 167 Å². The molecular formula is C23H31ClO3. The van der Waals surface area contributed by atoms with Crippen molar-refractivity contribution in [2.45, 2.75) is 64.7 Å². The number of rotatable bonds is 10. The number of halogens is 1. The SMILES string of the molecule is CCCC1CCC(/C=C/C=C2\C(=O)C(Cl)=CC2C/C=C/CCCC(=O)O)C1. The average molecular weight is 391 g/mol. The molecule has 2 rings (SSSR count). The van der Waals surface area contributed by atoms with Crippen molar-refractivity contribution in [3.8, 4) is 0 Å². The number of aliphatic carboxylic acids is 1. The number of allylic oxidation sites excluding steroid dienone is 8. The van der Waals surface area contributed by atoms with Gasteiger partial charge in [-0.3, -0.25) is 9.59 Å². The van der Waals surface area contributed by atoms with Crippen LogP contribution in [-0.4, -0.2) is 16.9 Å².